The van der Waals surface area contributed by atoms with Gasteiger partial charge in [0.2, 0.25) is 0 Å². The quantitative estimate of drug-likeness (QED) is 0.446. The number of nitrogen functional groups attached to an aromatic ring is 1. The van der Waals surface area contributed by atoms with Crippen LogP contribution in [0.15, 0.2) is 46.9 Å². The van der Waals surface area contributed by atoms with Gasteiger partial charge in [0.05, 0.1) is 10.6 Å². The van der Waals surface area contributed by atoms with Gasteiger partial charge < -0.3 is 10.7 Å². The maximum atomic E-state index is 12.3. The zero-order valence-electron chi connectivity index (χ0n) is 10.7. The number of nitro benzene ring substituents is 1. The number of hydrogen-bond donors (Lipinski definition) is 3. The monoisotopic (exact) mass is 350 g/mol. The molecule has 0 bridgehead atoms. The number of nitrogens with zero attached hydrogens (tertiary/aromatic N) is 1. The van der Waals surface area contributed by atoms with Crippen molar-refractivity contribution < 1.29 is 9.72 Å². The molecule has 4 N–H and O–H groups in total. The van der Waals surface area contributed by atoms with Crippen molar-refractivity contribution in [2.75, 3.05) is 10.7 Å². The first kappa shape index (κ1) is 14.9. The molecule has 0 aromatic heterocycles. The van der Waals surface area contributed by atoms with E-state index in [2.05, 4.69) is 26.7 Å². The van der Waals surface area contributed by atoms with E-state index in [4.69, 9.17) is 5.84 Å². The molecule has 0 spiro atoms. The molecule has 0 fully saturated rings. The average Bonchev–Trinajstić information content (AvgIpc) is 2.48. The van der Waals surface area contributed by atoms with Crippen molar-refractivity contribution >= 4 is 38.9 Å². The summed E-state index contributed by atoms with van der Waals surface area (Å²) >= 11 is 3.29. The second kappa shape index (κ2) is 6.33. The molecule has 0 aliphatic heterocycles. The lowest BCUT2D eigenvalue weighted by molar-refractivity contribution is -0.385. The first-order valence-electron chi connectivity index (χ1n) is 5.84. The van der Waals surface area contributed by atoms with E-state index < -0.39 is 10.8 Å². The van der Waals surface area contributed by atoms with Crippen LogP contribution in [0.3, 0.4) is 0 Å². The topological polar surface area (TPSA) is 110 Å². The van der Waals surface area contributed by atoms with Crippen LogP contribution in [0.25, 0.3) is 0 Å². The number of hydrazine groups is 1. The lowest BCUT2D eigenvalue weighted by Crippen LogP contribution is -2.15. The predicted molar refractivity (Wildman–Crippen MR) is 83.0 cm³/mol. The maximum absolute atomic E-state index is 12.3. The van der Waals surface area contributed by atoms with Crippen LogP contribution >= 0.6 is 15.9 Å². The number of halogens is 1. The SMILES string of the molecule is NNc1ccc([N+](=O)[O-])c(C(=O)Nc2ccccc2Br)c1. The van der Waals surface area contributed by atoms with E-state index in [1.165, 1.54) is 18.2 Å². The number of nitrogens with one attached hydrogen (secondary N) is 2. The van der Waals surface area contributed by atoms with Crippen molar-refractivity contribution in [1.29, 1.82) is 0 Å². The number of amides is 1. The number of anilines is 2. The normalized spacial score (nSPS) is 10.0. The molecule has 0 aliphatic rings. The highest BCUT2D eigenvalue weighted by molar-refractivity contribution is 9.10. The Labute approximate surface area is 128 Å². The molecule has 108 valence electrons. The van der Waals surface area contributed by atoms with Gasteiger partial charge in [-0.15, -0.1) is 0 Å². The van der Waals surface area contributed by atoms with Crippen molar-refractivity contribution in [3.63, 3.8) is 0 Å². The second-order valence-electron chi connectivity index (χ2n) is 4.07. The third-order valence-electron chi connectivity index (χ3n) is 2.73. The van der Waals surface area contributed by atoms with Crippen LogP contribution in [-0.4, -0.2) is 10.8 Å². The Morgan fingerprint density at radius 1 is 1.24 bits per heavy atom. The number of nitrogens with two attached hydrogens (primary N) is 1. The lowest BCUT2D eigenvalue weighted by atomic mass is 10.1. The Morgan fingerprint density at radius 3 is 2.57 bits per heavy atom. The predicted octanol–water partition coefficient (Wildman–Crippen LogP) is 2.90. The molecule has 2 aromatic rings. The zero-order valence-corrected chi connectivity index (χ0v) is 12.3. The van der Waals surface area contributed by atoms with Crippen LogP contribution < -0.4 is 16.6 Å². The molecule has 2 aromatic carbocycles. The highest BCUT2D eigenvalue weighted by atomic mass is 79.9. The summed E-state index contributed by atoms with van der Waals surface area (Å²) in [5.74, 6) is 4.67. The zero-order chi connectivity index (χ0) is 15.4. The van der Waals surface area contributed by atoms with Crippen molar-refractivity contribution in [3.05, 3.63) is 62.6 Å². The fourth-order valence-corrected chi connectivity index (χ4v) is 2.10. The summed E-state index contributed by atoms with van der Waals surface area (Å²) in [5.41, 5.74) is 2.90. The molecule has 0 saturated heterocycles. The number of nitro groups is 1. The molecule has 0 heterocycles. The van der Waals surface area contributed by atoms with Crippen LogP contribution in [0.2, 0.25) is 0 Å². The fourth-order valence-electron chi connectivity index (χ4n) is 1.72. The smallest absolute Gasteiger partial charge is 0.282 e. The molecule has 7 nitrogen and oxygen atoms in total. The Hall–Kier alpha value is -2.45. The van der Waals surface area contributed by atoms with Crippen LogP contribution in [0.5, 0.6) is 0 Å². The molecule has 21 heavy (non-hydrogen) atoms. The third-order valence-corrected chi connectivity index (χ3v) is 3.42. The number of hydrogen-bond acceptors (Lipinski definition) is 5. The summed E-state index contributed by atoms with van der Waals surface area (Å²) in [7, 11) is 0. The maximum Gasteiger partial charge on any atom is 0.282 e. The molecular weight excluding hydrogens is 340 g/mol. The van der Waals surface area contributed by atoms with Crippen LogP contribution in [-0.2, 0) is 0 Å². The summed E-state index contributed by atoms with van der Waals surface area (Å²) in [4.78, 5) is 22.6. The number of para-hydroxylation sites is 1. The Morgan fingerprint density at radius 2 is 1.95 bits per heavy atom. The van der Waals surface area contributed by atoms with E-state index >= 15 is 0 Å². The summed E-state index contributed by atoms with van der Waals surface area (Å²) in [5, 5.41) is 13.6. The van der Waals surface area contributed by atoms with Crippen LogP contribution in [0, 0.1) is 10.1 Å². The highest BCUT2D eigenvalue weighted by Crippen LogP contribution is 2.26. The third kappa shape index (κ3) is 3.36. The van der Waals surface area contributed by atoms with E-state index in [1.807, 2.05) is 0 Å². The van der Waals surface area contributed by atoms with Gasteiger partial charge in [0.25, 0.3) is 11.6 Å². The molecule has 0 atom stereocenters. The van der Waals surface area contributed by atoms with Gasteiger partial charge in [0.1, 0.15) is 5.56 Å². The molecule has 0 saturated carbocycles. The first-order valence-corrected chi connectivity index (χ1v) is 6.63. The standard InChI is InChI=1S/C13H11BrN4O3/c14-10-3-1-2-4-11(10)16-13(19)9-7-8(17-15)5-6-12(9)18(20)21/h1-7,17H,15H2,(H,16,19). The molecule has 1 amide bonds. The summed E-state index contributed by atoms with van der Waals surface area (Å²) in [6.07, 6.45) is 0. The second-order valence-corrected chi connectivity index (χ2v) is 4.92. The van der Waals surface area contributed by atoms with Crippen molar-refractivity contribution in [2.24, 2.45) is 5.84 Å². The minimum atomic E-state index is -0.616. The van der Waals surface area contributed by atoms with Gasteiger partial charge in [-0.25, -0.2) is 0 Å². The van der Waals surface area contributed by atoms with Gasteiger partial charge in [-0.1, -0.05) is 12.1 Å². The van der Waals surface area contributed by atoms with Crippen LogP contribution in [0.4, 0.5) is 17.1 Å². The summed E-state index contributed by atoms with van der Waals surface area (Å²) in [6, 6.07) is 10.9. The first-order chi connectivity index (χ1) is 10.0. The van der Waals surface area contributed by atoms with E-state index in [0.717, 1.165) is 0 Å². The summed E-state index contributed by atoms with van der Waals surface area (Å²) < 4.78 is 0.675. The molecule has 0 aliphatic carbocycles. The number of carbonyl (C=O) groups excluding carboxylic acids is 1. The van der Waals surface area contributed by atoms with Gasteiger partial charge in [-0.2, -0.15) is 0 Å². The molecular formula is C13H11BrN4O3. The van der Waals surface area contributed by atoms with Gasteiger partial charge in [-0.3, -0.25) is 20.8 Å². The van der Waals surface area contributed by atoms with Gasteiger partial charge in [-0.05, 0) is 40.2 Å². The van der Waals surface area contributed by atoms with E-state index in [0.29, 0.717) is 15.8 Å². The van der Waals surface area contributed by atoms with E-state index in [-0.39, 0.29) is 11.3 Å². The van der Waals surface area contributed by atoms with E-state index in [1.54, 1.807) is 24.3 Å². The lowest BCUT2D eigenvalue weighted by Gasteiger charge is -2.09. The van der Waals surface area contributed by atoms with Gasteiger partial charge in [0, 0.05) is 16.2 Å². The van der Waals surface area contributed by atoms with Crippen LogP contribution in [0.1, 0.15) is 10.4 Å². The molecule has 0 radical (unpaired) electrons. The Balaban J connectivity index is 2.38. The summed E-state index contributed by atoms with van der Waals surface area (Å²) in [6.45, 7) is 0. The Kier molecular flexibility index (Phi) is 4.51. The number of benzene rings is 2. The van der Waals surface area contributed by atoms with E-state index in [9.17, 15) is 14.9 Å². The fraction of sp³-hybridized carbons (Fsp3) is 0. The highest BCUT2D eigenvalue weighted by Gasteiger charge is 2.21. The number of rotatable bonds is 4. The minimum absolute atomic E-state index is 0.0776. The molecule has 0 unspecified atom stereocenters. The van der Waals surface area contributed by atoms with Gasteiger partial charge >= 0.3 is 0 Å². The molecule has 8 heteroatoms. The van der Waals surface area contributed by atoms with Crippen molar-refractivity contribution in [2.45, 2.75) is 0 Å². The Bertz CT molecular complexity index is 706. The largest absolute Gasteiger partial charge is 0.324 e. The van der Waals surface area contributed by atoms with Crippen molar-refractivity contribution in [3.8, 4) is 0 Å². The number of carbonyl (C=O) groups is 1. The molecule has 2 rings (SSSR count). The average molecular weight is 351 g/mol. The van der Waals surface area contributed by atoms with Gasteiger partial charge in [0.15, 0.2) is 0 Å². The minimum Gasteiger partial charge on any atom is -0.324 e. The van der Waals surface area contributed by atoms with Crippen molar-refractivity contribution in [1.82, 2.24) is 0 Å².